The average molecular weight is 456 g/mol. The first kappa shape index (κ1) is 22.3. The van der Waals surface area contributed by atoms with Gasteiger partial charge in [-0.05, 0) is 42.0 Å². The van der Waals surface area contributed by atoms with E-state index in [4.69, 9.17) is 27.0 Å². The summed E-state index contributed by atoms with van der Waals surface area (Å²) in [5, 5.41) is 9.40. The Balaban J connectivity index is 1.93. The molecule has 158 valence electrons. The lowest BCUT2D eigenvalue weighted by atomic mass is 10.2. The number of halogens is 1. The highest BCUT2D eigenvalue weighted by Crippen LogP contribution is 2.24. The van der Waals surface area contributed by atoms with Crippen molar-refractivity contribution in [2.24, 2.45) is 5.73 Å². The van der Waals surface area contributed by atoms with Gasteiger partial charge in [0.1, 0.15) is 23.2 Å². The van der Waals surface area contributed by atoms with Crippen molar-refractivity contribution in [1.82, 2.24) is 4.31 Å². The maximum absolute atomic E-state index is 13.3. The molecule has 0 saturated heterocycles. The number of carbonyl (C=O) groups excluding carboxylic acids is 1. The Morgan fingerprint density at radius 2 is 1.74 bits per heavy atom. The molecule has 0 unspecified atom stereocenters. The van der Waals surface area contributed by atoms with Gasteiger partial charge in [0.2, 0.25) is 10.0 Å². The Morgan fingerprint density at radius 1 is 1.06 bits per heavy atom. The molecular weight excluding hydrogens is 438 g/mol. The molecule has 0 saturated carbocycles. The Hall–Kier alpha value is -3.38. The van der Waals surface area contributed by atoms with Gasteiger partial charge in [-0.3, -0.25) is 4.79 Å². The number of nitrogens with two attached hydrogens (primary N) is 1. The van der Waals surface area contributed by atoms with Crippen LogP contribution >= 0.6 is 11.6 Å². The quantitative estimate of drug-likeness (QED) is 0.410. The van der Waals surface area contributed by atoms with E-state index in [9.17, 15) is 13.2 Å². The molecule has 0 spiro atoms. The smallest absolute Gasteiger partial charge is 0.259 e. The summed E-state index contributed by atoms with van der Waals surface area (Å²) in [4.78, 5) is 11.3. The molecule has 0 aliphatic carbocycles. The van der Waals surface area contributed by atoms with E-state index in [1.807, 2.05) is 30.3 Å². The summed E-state index contributed by atoms with van der Waals surface area (Å²) in [6.07, 6.45) is 1.21. The van der Waals surface area contributed by atoms with E-state index in [-0.39, 0.29) is 29.3 Å². The largest absolute Gasteiger partial charge is 0.460 e. The predicted octanol–water partition coefficient (Wildman–Crippen LogP) is 3.72. The van der Waals surface area contributed by atoms with Crippen LogP contribution in [0.5, 0.6) is 0 Å². The first-order valence-electron chi connectivity index (χ1n) is 9.09. The van der Waals surface area contributed by atoms with E-state index >= 15 is 0 Å². The summed E-state index contributed by atoms with van der Waals surface area (Å²) in [6, 6.07) is 19.9. The second kappa shape index (κ2) is 9.62. The van der Waals surface area contributed by atoms with Crippen LogP contribution in [0.25, 0.3) is 6.08 Å². The first-order valence-corrected chi connectivity index (χ1v) is 10.9. The molecule has 2 aromatic carbocycles. The molecule has 0 fully saturated rings. The van der Waals surface area contributed by atoms with E-state index in [2.05, 4.69) is 0 Å². The van der Waals surface area contributed by atoms with E-state index in [0.717, 1.165) is 5.56 Å². The Labute approximate surface area is 185 Å². The highest BCUT2D eigenvalue weighted by molar-refractivity contribution is 7.89. The molecule has 3 rings (SSSR count). The summed E-state index contributed by atoms with van der Waals surface area (Å²) in [6.45, 7) is 0.0502. The van der Waals surface area contributed by atoms with Gasteiger partial charge in [0, 0.05) is 17.6 Å². The lowest BCUT2D eigenvalue weighted by Gasteiger charge is -2.21. The Kier molecular flexibility index (Phi) is 6.92. The van der Waals surface area contributed by atoms with E-state index < -0.39 is 15.9 Å². The first-order chi connectivity index (χ1) is 14.8. The monoisotopic (exact) mass is 455 g/mol. The zero-order valence-electron chi connectivity index (χ0n) is 16.2. The van der Waals surface area contributed by atoms with Crippen LogP contribution in [0.15, 0.2) is 81.6 Å². The van der Waals surface area contributed by atoms with Crippen molar-refractivity contribution < 1.29 is 17.6 Å². The van der Waals surface area contributed by atoms with Crippen LogP contribution in [0.1, 0.15) is 17.1 Å². The minimum atomic E-state index is -3.87. The molecule has 31 heavy (non-hydrogen) atoms. The van der Waals surface area contributed by atoms with Gasteiger partial charge >= 0.3 is 0 Å². The van der Waals surface area contributed by atoms with Gasteiger partial charge in [-0.25, -0.2) is 8.42 Å². The van der Waals surface area contributed by atoms with Crippen LogP contribution in [-0.4, -0.2) is 18.6 Å². The summed E-state index contributed by atoms with van der Waals surface area (Å²) in [5.41, 5.74) is 5.66. The normalized spacial score (nSPS) is 12.0. The molecule has 7 nitrogen and oxygen atoms in total. The van der Waals surface area contributed by atoms with Crippen molar-refractivity contribution in [3.8, 4) is 6.07 Å². The highest BCUT2D eigenvalue weighted by Gasteiger charge is 2.26. The van der Waals surface area contributed by atoms with E-state index in [1.165, 1.54) is 40.7 Å². The number of amides is 1. The number of sulfonamides is 1. The van der Waals surface area contributed by atoms with Gasteiger partial charge in [0.25, 0.3) is 5.91 Å². The van der Waals surface area contributed by atoms with Gasteiger partial charge in [-0.15, -0.1) is 0 Å². The Morgan fingerprint density at radius 3 is 2.35 bits per heavy atom. The molecule has 2 N–H and O–H groups in total. The minimum absolute atomic E-state index is 0.0633. The van der Waals surface area contributed by atoms with E-state index in [1.54, 1.807) is 12.1 Å². The molecule has 0 bridgehead atoms. The third-order valence-corrected chi connectivity index (χ3v) is 6.40. The van der Waals surface area contributed by atoms with Gasteiger partial charge in [0.15, 0.2) is 0 Å². The second-order valence-electron chi connectivity index (χ2n) is 6.55. The number of carbonyl (C=O) groups is 1. The molecule has 3 aromatic rings. The van der Waals surface area contributed by atoms with Crippen molar-refractivity contribution in [3.05, 3.63) is 94.4 Å². The molecule has 1 aromatic heterocycles. The average Bonchev–Trinajstić information content (AvgIpc) is 3.19. The van der Waals surface area contributed by atoms with Gasteiger partial charge < -0.3 is 10.2 Å². The molecule has 0 aliphatic rings. The summed E-state index contributed by atoms with van der Waals surface area (Å²) >= 11 is 5.89. The summed E-state index contributed by atoms with van der Waals surface area (Å²) in [5.74, 6) is -0.327. The van der Waals surface area contributed by atoms with Crippen LogP contribution in [0, 0.1) is 11.3 Å². The van der Waals surface area contributed by atoms with Crippen molar-refractivity contribution in [1.29, 1.82) is 5.26 Å². The SMILES string of the molecule is N#C/C(=C/c1ccc(CN(Cc2ccccc2)S(=O)(=O)c2ccc(Cl)cc2)o1)C(N)=O. The second-order valence-corrected chi connectivity index (χ2v) is 8.93. The number of nitrogens with zero attached hydrogens (tertiary/aromatic N) is 2. The number of rotatable bonds is 8. The lowest BCUT2D eigenvalue weighted by molar-refractivity contribution is -0.114. The van der Waals surface area contributed by atoms with Crippen LogP contribution in [-0.2, 0) is 27.9 Å². The summed E-state index contributed by atoms with van der Waals surface area (Å²) in [7, 11) is -3.87. The Bertz CT molecular complexity index is 1240. The molecular formula is C22H18ClN3O4S. The van der Waals surface area contributed by atoms with Crippen LogP contribution in [0.4, 0.5) is 0 Å². The fraction of sp³-hybridized carbons (Fsp3) is 0.0909. The molecule has 0 aliphatic heterocycles. The summed E-state index contributed by atoms with van der Waals surface area (Å²) < 4.78 is 33.5. The molecule has 1 amide bonds. The lowest BCUT2D eigenvalue weighted by Crippen LogP contribution is -2.30. The zero-order chi connectivity index (χ0) is 22.4. The van der Waals surface area contributed by atoms with E-state index in [0.29, 0.717) is 10.8 Å². The number of nitriles is 1. The number of primary amides is 1. The van der Waals surface area contributed by atoms with Gasteiger partial charge in [-0.1, -0.05) is 41.9 Å². The predicted molar refractivity (Wildman–Crippen MR) is 116 cm³/mol. The molecule has 0 radical (unpaired) electrons. The zero-order valence-corrected chi connectivity index (χ0v) is 17.8. The third-order valence-electron chi connectivity index (χ3n) is 4.34. The van der Waals surface area contributed by atoms with Crippen molar-refractivity contribution in [2.45, 2.75) is 18.0 Å². The molecule has 9 heteroatoms. The topological polar surface area (TPSA) is 117 Å². The molecule has 0 atom stereocenters. The van der Waals surface area contributed by atoms with Crippen molar-refractivity contribution >= 4 is 33.6 Å². The standard InChI is InChI=1S/C22H18ClN3O4S/c23-18-6-10-21(11-7-18)31(28,29)26(14-16-4-2-1-3-5-16)15-20-9-8-19(30-20)12-17(13-24)22(25)27/h1-12H,14-15H2,(H2,25,27)/b17-12-. The highest BCUT2D eigenvalue weighted by atomic mass is 35.5. The number of hydrogen-bond acceptors (Lipinski definition) is 5. The number of hydrogen-bond donors (Lipinski definition) is 1. The fourth-order valence-corrected chi connectivity index (χ4v) is 4.32. The van der Waals surface area contributed by atoms with Crippen LogP contribution in [0.2, 0.25) is 5.02 Å². The number of furan rings is 1. The third kappa shape index (κ3) is 5.61. The van der Waals surface area contributed by atoms with Crippen LogP contribution in [0.3, 0.4) is 0 Å². The number of benzene rings is 2. The van der Waals surface area contributed by atoms with Gasteiger partial charge in [0.05, 0.1) is 11.4 Å². The molecule has 1 heterocycles. The fourth-order valence-electron chi connectivity index (χ4n) is 2.80. The minimum Gasteiger partial charge on any atom is -0.460 e. The van der Waals surface area contributed by atoms with Crippen molar-refractivity contribution in [2.75, 3.05) is 0 Å². The van der Waals surface area contributed by atoms with Gasteiger partial charge in [-0.2, -0.15) is 9.57 Å². The van der Waals surface area contributed by atoms with Crippen molar-refractivity contribution in [3.63, 3.8) is 0 Å². The van der Waals surface area contributed by atoms with Crippen LogP contribution < -0.4 is 5.73 Å². The maximum Gasteiger partial charge on any atom is 0.259 e. The maximum atomic E-state index is 13.3.